The number of carbonyl (C=O) groups is 2. The van der Waals surface area contributed by atoms with Gasteiger partial charge in [-0.3, -0.25) is 9.59 Å². The molecule has 0 saturated carbocycles. The molecule has 0 aliphatic heterocycles. The third kappa shape index (κ3) is 4.45. The lowest BCUT2D eigenvalue weighted by molar-refractivity contribution is -0.125. The van der Waals surface area contributed by atoms with Gasteiger partial charge in [0.1, 0.15) is 0 Å². The Morgan fingerprint density at radius 1 is 1.29 bits per heavy atom. The smallest absolute Gasteiger partial charge is 0.223 e. The topological polar surface area (TPSA) is 58.2 Å². The summed E-state index contributed by atoms with van der Waals surface area (Å²) in [6.45, 7) is 3.44. The van der Waals surface area contributed by atoms with Crippen LogP contribution in [-0.2, 0) is 9.59 Å². The van der Waals surface area contributed by atoms with Gasteiger partial charge in [0.2, 0.25) is 11.8 Å². The molecule has 2 N–H and O–H groups in total. The average Bonchev–Trinajstić information content (AvgIpc) is 2.47. The standard InChI is InChI=1S/C17H22N2O2/c1-12(18-17(21)14-7-4-3-5-8-14)15-9-6-10-16(11-15)19-13(2)20/h3-4,6,9-12,14H,5,7-8H2,1-2H3,(H,18,21)(H,19,20)/t12-,14-/m1/s1. The van der Waals surface area contributed by atoms with E-state index in [-0.39, 0.29) is 23.8 Å². The second kappa shape index (κ2) is 7.07. The fourth-order valence-corrected chi connectivity index (χ4v) is 2.54. The first-order chi connectivity index (χ1) is 10.1. The second-order valence-corrected chi connectivity index (χ2v) is 5.52. The summed E-state index contributed by atoms with van der Waals surface area (Å²) in [6, 6.07) is 7.50. The van der Waals surface area contributed by atoms with Crippen LogP contribution in [0.15, 0.2) is 36.4 Å². The Kier molecular flexibility index (Phi) is 5.14. The fourth-order valence-electron chi connectivity index (χ4n) is 2.54. The van der Waals surface area contributed by atoms with Gasteiger partial charge in [-0.15, -0.1) is 0 Å². The number of hydrogen-bond donors (Lipinski definition) is 2. The number of allylic oxidation sites excluding steroid dienone is 2. The van der Waals surface area contributed by atoms with Crippen molar-refractivity contribution >= 4 is 17.5 Å². The Balaban J connectivity index is 1.99. The van der Waals surface area contributed by atoms with Gasteiger partial charge in [0.05, 0.1) is 6.04 Å². The van der Waals surface area contributed by atoms with Crippen LogP contribution in [0, 0.1) is 5.92 Å². The van der Waals surface area contributed by atoms with Gasteiger partial charge in [-0.05, 0) is 43.9 Å². The first-order valence-corrected chi connectivity index (χ1v) is 7.39. The zero-order chi connectivity index (χ0) is 15.2. The van der Waals surface area contributed by atoms with Crippen molar-refractivity contribution in [1.29, 1.82) is 0 Å². The number of carbonyl (C=O) groups excluding carboxylic acids is 2. The molecule has 0 saturated heterocycles. The molecule has 4 nitrogen and oxygen atoms in total. The molecular weight excluding hydrogens is 264 g/mol. The van der Waals surface area contributed by atoms with Crippen molar-refractivity contribution in [2.45, 2.75) is 39.2 Å². The summed E-state index contributed by atoms with van der Waals surface area (Å²) in [5.74, 6) is 0.0885. The highest BCUT2D eigenvalue weighted by Crippen LogP contribution is 2.21. The lowest BCUT2D eigenvalue weighted by atomic mass is 9.93. The van der Waals surface area contributed by atoms with Gasteiger partial charge >= 0.3 is 0 Å². The van der Waals surface area contributed by atoms with Crippen LogP contribution in [0.25, 0.3) is 0 Å². The van der Waals surface area contributed by atoms with Crippen molar-refractivity contribution < 1.29 is 9.59 Å². The van der Waals surface area contributed by atoms with Gasteiger partial charge in [0.15, 0.2) is 0 Å². The molecule has 2 atom stereocenters. The molecule has 0 heterocycles. The van der Waals surface area contributed by atoms with Crippen molar-refractivity contribution in [2.75, 3.05) is 5.32 Å². The Bertz CT molecular complexity index is 551. The third-order valence-corrected chi connectivity index (χ3v) is 3.71. The van der Waals surface area contributed by atoms with E-state index in [0.29, 0.717) is 0 Å². The van der Waals surface area contributed by atoms with E-state index in [1.807, 2.05) is 31.2 Å². The third-order valence-electron chi connectivity index (χ3n) is 3.71. The van der Waals surface area contributed by atoms with Crippen LogP contribution >= 0.6 is 0 Å². The summed E-state index contributed by atoms with van der Waals surface area (Å²) in [7, 11) is 0. The number of anilines is 1. The number of nitrogens with one attached hydrogen (secondary N) is 2. The molecule has 2 amide bonds. The molecule has 0 spiro atoms. The van der Waals surface area contributed by atoms with E-state index in [1.165, 1.54) is 6.92 Å². The fraction of sp³-hybridized carbons (Fsp3) is 0.412. The second-order valence-electron chi connectivity index (χ2n) is 5.52. The Hall–Kier alpha value is -2.10. The normalized spacial score (nSPS) is 18.9. The number of benzene rings is 1. The average molecular weight is 286 g/mol. The van der Waals surface area contributed by atoms with Gasteiger partial charge in [-0.1, -0.05) is 24.3 Å². The van der Waals surface area contributed by atoms with Crippen LogP contribution in [0.4, 0.5) is 5.69 Å². The maximum Gasteiger partial charge on any atom is 0.223 e. The molecule has 112 valence electrons. The molecule has 1 aromatic rings. The molecule has 0 bridgehead atoms. The molecule has 2 rings (SSSR count). The number of hydrogen-bond acceptors (Lipinski definition) is 2. The zero-order valence-electron chi connectivity index (χ0n) is 12.6. The van der Waals surface area contributed by atoms with Crippen LogP contribution in [0.2, 0.25) is 0 Å². The van der Waals surface area contributed by atoms with E-state index >= 15 is 0 Å². The maximum absolute atomic E-state index is 12.2. The molecule has 4 heteroatoms. The van der Waals surface area contributed by atoms with Crippen molar-refractivity contribution in [3.05, 3.63) is 42.0 Å². The zero-order valence-corrected chi connectivity index (χ0v) is 12.6. The molecule has 0 fully saturated rings. The molecule has 0 aromatic heterocycles. The predicted molar refractivity (Wildman–Crippen MR) is 83.8 cm³/mol. The van der Waals surface area contributed by atoms with Gasteiger partial charge in [0, 0.05) is 18.5 Å². The summed E-state index contributed by atoms with van der Waals surface area (Å²) < 4.78 is 0. The molecular formula is C17H22N2O2. The summed E-state index contributed by atoms with van der Waals surface area (Å²) in [5, 5.41) is 5.82. The van der Waals surface area contributed by atoms with Gasteiger partial charge < -0.3 is 10.6 Å². The number of rotatable bonds is 4. The molecule has 21 heavy (non-hydrogen) atoms. The van der Waals surface area contributed by atoms with Gasteiger partial charge in [-0.25, -0.2) is 0 Å². The van der Waals surface area contributed by atoms with Crippen LogP contribution in [0.3, 0.4) is 0 Å². The van der Waals surface area contributed by atoms with E-state index in [2.05, 4.69) is 22.8 Å². The van der Waals surface area contributed by atoms with Crippen LogP contribution in [-0.4, -0.2) is 11.8 Å². The first kappa shape index (κ1) is 15.3. The minimum absolute atomic E-state index is 0.0721. The van der Waals surface area contributed by atoms with E-state index in [1.54, 1.807) is 0 Å². The van der Waals surface area contributed by atoms with E-state index in [4.69, 9.17) is 0 Å². The maximum atomic E-state index is 12.2. The highest BCUT2D eigenvalue weighted by atomic mass is 16.2. The Labute approximate surface area is 125 Å². The summed E-state index contributed by atoms with van der Waals surface area (Å²) in [6.07, 6.45) is 6.93. The molecule has 0 unspecified atom stereocenters. The Morgan fingerprint density at radius 2 is 2.10 bits per heavy atom. The summed E-state index contributed by atoms with van der Waals surface area (Å²) >= 11 is 0. The minimum atomic E-state index is -0.0992. The molecule has 0 radical (unpaired) electrons. The quantitative estimate of drug-likeness (QED) is 0.835. The largest absolute Gasteiger partial charge is 0.349 e. The minimum Gasteiger partial charge on any atom is -0.349 e. The monoisotopic (exact) mass is 286 g/mol. The highest BCUT2D eigenvalue weighted by molar-refractivity contribution is 5.88. The van der Waals surface area contributed by atoms with Gasteiger partial charge in [-0.2, -0.15) is 0 Å². The van der Waals surface area contributed by atoms with E-state index in [9.17, 15) is 9.59 Å². The van der Waals surface area contributed by atoms with E-state index < -0.39 is 0 Å². The molecule has 1 aromatic carbocycles. The van der Waals surface area contributed by atoms with Gasteiger partial charge in [0.25, 0.3) is 0 Å². The Morgan fingerprint density at radius 3 is 2.76 bits per heavy atom. The SMILES string of the molecule is CC(=O)Nc1cccc([C@@H](C)NC(=O)[C@@H]2CC=CCC2)c1. The van der Waals surface area contributed by atoms with Crippen LogP contribution < -0.4 is 10.6 Å². The van der Waals surface area contributed by atoms with Crippen molar-refractivity contribution in [3.63, 3.8) is 0 Å². The van der Waals surface area contributed by atoms with E-state index in [0.717, 1.165) is 30.5 Å². The first-order valence-electron chi connectivity index (χ1n) is 7.39. The van der Waals surface area contributed by atoms with Crippen LogP contribution in [0.5, 0.6) is 0 Å². The summed E-state index contributed by atoms with van der Waals surface area (Å²) in [4.78, 5) is 23.3. The molecule has 1 aliphatic rings. The van der Waals surface area contributed by atoms with Crippen LogP contribution in [0.1, 0.15) is 44.7 Å². The van der Waals surface area contributed by atoms with Crippen molar-refractivity contribution in [2.24, 2.45) is 5.92 Å². The molecule has 1 aliphatic carbocycles. The lowest BCUT2D eigenvalue weighted by Crippen LogP contribution is -2.33. The predicted octanol–water partition coefficient (Wildman–Crippen LogP) is 3.18. The highest BCUT2D eigenvalue weighted by Gasteiger charge is 2.20. The van der Waals surface area contributed by atoms with Crippen molar-refractivity contribution in [1.82, 2.24) is 5.32 Å². The lowest BCUT2D eigenvalue weighted by Gasteiger charge is -2.21. The van der Waals surface area contributed by atoms with Crippen molar-refractivity contribution in [3.8, 4) is 0 Å². The summed E-state index contributed by atoms with van der Waals surface area (Å²) in [5.41, 5.74) is 1.74. The number of amides is 2.